The second-order valence-corrected chi connectivity index (χ2v) is 7.47. The molecule has 142 valence electrons. The maximum atomic E-state index is 12.5. The summed E-state index contributed by atoms with van der Waals surface area (Å²) in [7, 11) is 0. The van der Waals surface area contributed by atoms with E-state index < -0.39 is 17.7 Å². The van der Waals surface area contributed by atoms with Crippen LogP contribution in [0.15, 0.2) is 42.5 Å². The van der Waals surface area contributed by atoms with E-state index in [4.69, 9.17) is 9.47 Å². The number of benzene rings is 1. The molecule has 1 aliphatic heterocycles. The lowest BCUT2D eigenvalue weighted by molar-refractivity contribution is -0.124. The van der Waals surface area contributed by atoms with E-state index in [0.717, 1.165) is 5.56 Å². The van der Waals surface area contributed by atoms with Gasteiger partial charge in [0.05, 0.1) is 13.2 Å². The smallest absolute Gasteiger partial charge is 0.408 e. The van der Waals surface area contributed by atoms with Crippen molar-refractivity contribution in [1.29, 1.82) is 0 Å². The molecule has 0 bridgehead atoms. The minimum Gasteiger partial charge on any atom is -0.444 e. The molecule has 2 rings (SSSR count). The van der Waals surface area contributed by atoms with Crippen LogP contribution in [0.4, 0.5) is 4.79 Å². The summed E-state index contributed by atoms with van der Waals surface area (Å²) in [6.07, 6.45) is 3.20. The summed E-state index contributed by atoms with van der Waals surface area (Å²) in [5.41, 5.74) is 0.424. The van der Waals surface area contributed by atoms with Crippen molar-refractivity contribution in [3.8, 4) is 0 Å². The van der Waals surface area contributed by atoms with Gasteiger partial charge in [-0.05, 0) is 33.3 Å². The lowest BCUT2D eigenvalue weighted by Crippen LogP contribution is -2.52. The van der Waals surface area contributed by atoms with E-state index in [0.29, 0.717) is 13.2 Å². The van der Waals surface area contributed by atoms with Crippen molar-refractivity contribution in [3.63, 3.8) is 0 Å². The Morgan fingerprint density at radius 3 is 2.54 bits per heavy atom. The van der Waals surface area contributed by atoms with Crippen LogP contribution in [0.1, 0.15) is 33.3 Å². The number of hydrogen-bond donors (Lipinski definition) is 2. The molecule has 1 aromatic rings. The van der Waals surface area contributed by atoms with E-state index in [1.165, 1.54) is 0 Å². The maximum Gasteiger partial charge on any atom is 0.408 e. The first-order valence-electron chi connectivity index (χ1n) is 8.84. The molecule has 0 saturated carbocycles. The topological polar surface area (TPSA) is 76.7 Å². The lowest BCUT2D eigenvalue weighted by atomic mass is 10.00. The third-order valence-electron chi connectivity index (χ3n) is 3.82. The molecule has 0 fully saturated rings. The zero-order chi connectivity index (χ0) is 19.2. The zero-order valence-electron chi connectivity index (χ0n) is 15.8. The minimum absolute atomic E-state index is 0.107. The number of amides is 2. The molecule has 26 heavy (non-hydrogen) atoms. The lowest BCUT2D eigenvalue weighted by Gasteiger charge is -2.26. The van der Waals surface area contributed by atoms with E-state index >= 15 is 0 Å². The fourth-order valence-electron chi connectivity index (χ4n) is 2.62. The number of carbonyl (C=O) groups is 2. The Morgan fingerprint density at radius 2 is 1.88 bits per heavy atom. The van der Waals surface area contributed by atoms with E-state index in [1.807, 2.05) is 49.4 Å². The van der Waals surface area contributed by atoms with Gasteiger partial charge in [-0.15, -0.1) is 0 Å². The van der Waals surface area contributed by atoms with Crippen LogP contribution < -0.4 is 10.6 Å². The molecule has 0 unspecified atom stereocenters. The average molecular weight is 360 g/mol. The van der Waals surface area contributed by atoms with Gasteiger partial charge in [0.2, 0.25) is 5.91 Å². The summed E-state index contributed by atoms with van der Waals surface area (Å²) < 4.78 is 11.1. The molecule has 0 saturated heterocycles. The summed E-state index contributed by atoms with van der Waals surface area (Å²) in [5, 5.41) is 5.53. The Hall–Kier alpha value is -2.34. The highest BCUT2D eigenvalue weighted by Crippen LogP contribution is 2.15. The summed E-state index contributed by atoms with van der Waals surface area (Å²) in [6.45, 7) is 7.98. The molecule has 0 spiro atoms. The molecule has 3 atom stereocenters. The maximum absolute atomic E-state index is 12.5. The van der Waals surface area contributed by atoms with Gasteiger partial charge in [0.1, 0.15) is 11.6 Å². The molecular formula is C20H28N2O4. The Kier molecular flexibility index (Phi) is 6.80. The third-order valence-corrected chi connectivity index (χ3v) is 3.82. The summed E-state index contributed by atoms with van der Waals surface area (Å²) >= 11 is 0. The first-order valence-corrected chi connectivity index (χ1v) is 8.84. The van der Waals surface area contributed by atoms with Gasteiger partial charge in [-0.3, -0.25) is 4.79 Å². The molecule has 1 aliphatic rings. The molecular weight excluding hydrogens is 332 g/mol. The van der Waals surface area contributed by atoms with Gasteiger partial charge in [0.25, 0.3) is 0 Å². The van der Waals surface area contributed by atoms with Crippen molar-refractivity contribution < 1.29 is 19.1 Å². The predicted molar refractivity (Wildman–Crippen MR) is 99.5 cm³/mol. The van der Waals surface area contributed by atoms with E-state index in [2.05, 4.69) is 10.6 Å². The molecule has 1 heterocycles. The van der Waals surface area contributed by atoms with Crippen LogP contribution in [0.2, 0.25) is 0 Å². The van der Waals surface area contributed by atoms with Gasteiger partial charge >= 0.3 is 6.09 Å². The van der Waals surface area contributed by atoms with Crippen molar-refractivity contribution in [2.75, 3.05) is 6.61 Å². The van der Waals surface area contributed by atoms with E-state index in [1.54, 1.807) is 20.8 Å². The predicted octanol–water partition coefficient (Wildman–Crippen LogP) is 2.79. The van der Waals surface area contributed by atoms with Gasteiger partial charge in [0.15, 0.2) is 0 Å². The fraction of sp³-hybridized carbons (Fsp3) is 0.500. The summed E-state index contributed by atoms with van der Waals surface area (Å²) in [5.74, 6) is -0.530. The SMILES string of the molecule is C[C@@H]1C=C[C@H](COCc2ccccc2)[C@H](NC(=O)OC(C)(C)C)C(=O)N1. The van der Waals surface area contributed by atoms with E-state index in [-0.39, 0.29) is 17.9 Å². The van der Waals surface area contributed by atoms with Crippen molar-refractivity contribution in [2.24, 2.45) is 5.92 Å². The van der Waals surface area contributed by atoms with Crippen LogP contribution in [0.3, 0.4) is 0 Å². The molecule has 2 amide bonds. The molecule has 1 aromatic carbocycles. The molecule has 6 heteroatoms. The number of ether oxygens (including phenoxy) is 2. The Labute approximate surface area is 154 Å². The van der Waals surface area contributed by atoms with Crippen LogP contribution in [0.25, 0.3) is 0 Å². The number of carbonyl (C=O) groups excluding carboxylic acids is 2. The normalized spacial score (nSPS) is 23.1. The van der Waals surface area contributed by atoms with Gasteiger partial charge in [0, 0.05) is 12.0 Å². The number of nitrogens with one attached hydrogen (secondary N) is 2. The standard InChI is InChI=1S/C20H28N2O4/c1-14-10-11-16(13-25-12-15-8-6-5-7-9-15)17(18(23)21-14)22-19(24)26-20(2,3)4/h5-11,14,16-17H,12-13H2,1-4H3,(H,21,23)(H,22,24)/t14-,16-,17+/m1/s1. The van der Waals surface area contributed by atoms with Gasteiger partial charge in [-0.1, -0.05) is 42.5 Å². The third kappa shape index (κ3) is 6.52. The minimum atomic E-state index is -0.748. The average Bonchev–Trinajstić information content (AvgIpc) is 2.67. The Morgan fingerprint density at radius 1 is 1.19 bits per heavy atom. The number of alkyl carbamates (subject to hydrolysis) is 1. The zero-order valence-corrected chi connectivity index (χ0v) is 15.8. The largest absolute Gasteiger partial charge is 0.444 e. The van der Waals surface area contributed by atoms with Gasteiger partial charge in [-0.2, -0.15) is 0 Å². The van der Waals surface area contributed by atoms with Crippen LogP contribution in [-0.2, 0) is 20.9 Å². The molecule has 0 aromatic heterocycles. The van der Waals surface area contributed by atoms with Crippen LogP contribution in [0.5, 0.6) is 0 Å². The Balaban J connectivity index is 2.01. The van der Waals surface area contributed by atoms with Crippen molar-refractivity contribution in [1.82, 2.24) is 10.6 Å². The Bertz CT molecular complexity index is 637. The highest BCUT2D eigenvalue weighted by Gasteiger charge is 2.32. The van der Waals surface area contributed by atoms with Crippen molar-refractivity contribution in [2.45, 2.75) is 52.0 Å². The summed E-state index contributed by atoms with van der Waals surface area (Å²) in [4.78, 5) is 24.6. The second-order valence-electron chi connectivity index (χ2n) is 7.47. The quantitative estimate of drug-likeness (QED) is 0.792. The molecule has 0 aliphatic carbocycles. The highest BCUT2D eigenvalue weighted by molar-refractivity contribution is 5.87. The second kappa shape index (κ2) is 8.85. The van der Waals surface area contributed by atoms with Gasteiger partial charge < -0.3 is 20.1 Å². The van der Waals surface area contributed by atoms with Crippen LogP contribution in [0, 0.1) is 5.92 Å². The van der Waals surface area contributed by atoms with Crippen molar-refractivity contribution in [3.05, 3.63) is 48.0 Å². The summed E-state index contributed by atoms with van der Waals surface area (Å²) in [6, 6.07) is 8.96. The van der Waals surface area contributed by atoms with E-state index in [9.17, 15) is 9.59 Å². The van der Waals surface area contributed by atoms with Gasteiger partial charge in [-0.25, -0.2) is 4.79 Å². The monoisotopic (exact) mass is 360 g/mol. The fourth-order valence-corrected chi connectivity index (χ4v) is 2.62. The number of hydrogen-bond acceptors (Lipinski definition) is 4. The van der Waals surface area contributed by atoms with Crippen molar-refractivity contribution >= 4 is 12.0 Å². The number of rotatable bonds is 5. The highest BCUT2D eigenvalue weighted by atomic mass is 16.6. The molecule has 2 N–H and O–H groups in total. The molecule has 6 nitrogen and oxygen atoms in total. The first kappa shape index (κ1) is 20.0. The van der Waals surface area contributed by atoms with Crippen LogP contribution in [-0.4, -0.2) is 36.3 Å². The van der Waals surface area contributed by atoms with Crippen LogP contribution >= 0.6 is 0 Å². The molecule has 0 radical (unpaired) electrons. The first-order chi connectivity index (χ1) is 12.2.